The van der Waals surface area contributed by atoms with Crippen molar-refractivity contribution in [2.75, 3.05) is 0 Å². The molecule has 0 aliphatic rings. The molecule has 0 radical (unpaired) electrons. The summed E-state index contributed by atoms with van der Waals surface area (Å²) in [5.41, 5.74) is 10.8. The van der Waals surface area contributed by atoms with Crippen LogP contribution < -0.4 is 0 Å². The van der Waals surface area contributed by atoms with Crippen molar-refractivity contribution < 1.29 is 16.5 Å². The fraction of sp³-hybridized carbons (Fsp3) is 0.750. The molecular weight excluding hydrogens is 759 g/mol. The Hall–Kier alpha value is -1.73. The van der Waals surface area contributed by atoms with Crippen LogP contribution in [-0.4, -0.2) is 11.4 Å². The Morgan fingerprint density at radius 3 is 0.814 bits per heavy atom. The number of aryl methyl sites for hydroxylation is 4. The van der Waals surface area contributed by atoms with E-state index in [0.717, 1.165) is 44.9 Å². The van der Waals surface area contributed by atoms with Crippen LogP contribution in [0, 0.1) is 0 Å². The molecule has 0 saturated heterocycles. The maximum Gasteiger partial charge on any atom is 0.0639 e. The predicted molar refractivity (Wildman–Crippen MR) is 264 cm³/mol. The average Bonchev–Trinajstić information content (AvgIpc) is 3.22. The van der Waals surface area contributed by atoms with E-state index in [1.54, 1.807) is 0 Å². The van der Waals surface area contributed by atoms with Gasteiger partial charge in [-0.3, -0.25) is 9.98 Å². The van der Waals surface area contributed by atoms with Gasteiger partial charge >= 0.3 is 0 Å². The van der Waals surface area contributed by atoms with Crippen LogP contribution in [0.3, 0.4) is 0 Å². The molecule has 2 aromatic carbocycles. The summed E-state index contributed by atoms with van der Waals surface area (Å²) in [7, 11) is 0. The Bertz CT molecular complexity index is 1270. The van der Waals surface area contributed by atoms with Gasteiger partial charge in [-0.1, -0.05) is 208 Å². The molecule has 59 heavy (non-hydrogen) atoms. The van der Waals surface area contributed by atoms with Crippen LogP contribution >= 0.6 is 0 Å². The van der Waals surface area contributed by atoms with Crippen LogP contribution in [0.2, 0.25) is 0 Å². The number of rotatable bonds is 39. The number of hydrogen-bond acceptors (Lipinski definition) is 2. The molecule has 0 saturated carbocycles. The largest absolute Gasteiger partial charge is 0.252 e. The van der Waals surface area contributed by atoms with E-state index in [9.17, 15) is 0 Å². The van der Waals surface area contributed by atoms with E-state index >= 15 is 0 Å². The second kappa shape index (κ2) is 39.1. The van der Waals surface area contributed by atoms with Gasteiger partial charge in [0, 0.05) is 16.5 Å². The molecule has 0 aliphatic carbocycles. The molecule has 0 aromatic heterocycles. The first kappa shape index (κ1) is 55.3. The Kier molecular flexibility index (Phi) is 36.7. The van der Waals surface area contributed by atoms with Crippen molar-refractivity contribution in [3.05, 3.63) is 58.7 Å². The van der Waals surface area contributed by atoms with Crippen molar-refractivity contribution in [2.24, 2.45) is 9.98 Å². The molecule has 0 heterocycles. The van der Waals surface area contributed by atoms with E-state index < -0.39 is 0 Å². The summed E-state index contributed by atoms with van der Waals surface area (Å²) in [6, 6.07) is 14.7. The van der Waals surface area contributed by atoms with Crippen molar-refractivity contribution in [1.29, 1.82) is 0 Å². The van der Waals surface area contributed by atoms with Gasteiger partial charge in [0.05, 0.1) is 22.8 Å². The number of hydrogen-bond donors (Lipinski definition) is 0. The Morgan fingerprint density at radius 1 is 0.288 bits per heavy atom. The molecule has 340 valence electrons. The molecule has 2 rings (SSSR count). The summed E-state index contributed by atoms with van der Waals surface area (Å²) in [5.74, 6) is 0. The summed E-state index contributed by atoms with van der Waals surface area (Å²) in [5, 5.41) is 0. The molecule has 0 spiro atoms. The van der Waals surface area contributed by atoms with Crippen molar-refractivity contribution >= 4 is 22.8 Å². The predicted octanol–water partition coefficient (Wildman–Crippen LogP) is 19.3. The first-order valence-electron chi connectivity index (χ1n) is 26.0. The minimum atomic E-state index is 0. The minimum Gasteiger partial charge on any atom is -0.252 e. The molecule has 0 unspecified atom stereocenters. The van der Waals surface area contributed by atoms with Crippen LogP contribution in [0.25, 0.3) is 0 Å². The second-order valence-corrected chi connectivity index (χ2v) is 18.1. The van der Waals surface area contributed by atoms with Crippen LogP contribution in [0.1, 0.15) is 269 Å². The quantitative estimate of drug-likeness (QED) is 0.0364. The molecule has 3 heteroatoms. The zero-order chi connectivity index (χ0) is 41.7. The zero-order valence-corrected chi connectivity index (χ0v) is 41.1. The van der Waals surface area contributed by atoms with Crippen LogP contribution in [0.4, 0.5) is 11.4 Å². The fourth-order valence-corrected chi connectivity index (χ4v) is 8.53. The molecule has 2 nitrogen and oxygen atoms in total. The van der Waals surface area contributed by atoms with E-state index in [1.165, 1.54) is 231 Å². The summed E-state index contributed by atoms with van der Waals surface area (Å²) in [4.78, 5) is 11.3. The number of nitrogens with zero attached hydrogens (tertiary/aromatic N) is 2. The summed E-state index contributed by atoms with van der Waals surface area (Å²) in [6.45, 7) is 13.9. The fourth-order valence-electron chi connectivity index (χ4n) is 8.53. The second-order valence-electron chi connectivity index (χ2n) is 18.1. The summed E-state index contributed by atoms with van der Waals surface area (Å²) in [6.07, 6.45) is 46.8. The average molecular weight is 856 g/mol. The van der Waals surface area contributed by atoms with Crippen molar-refractivity contribution in [2.45, 2.75) is 273 Å². The van der Waals surface area contributed by atoms with Gasteiger partial charge in [-0.25, -0.2) is 0 Å². The molecule has 0 N–H and O–H groups in total. The maximum atomic E-state index is 5.65. The molecule has 0 atom stereocenters. The van der Waals surface area contributed by atoms with E-state index in [4.69, 9.17) is 9.98 Å². The third-order valence-electron chi connectivity index (χ3n) is 12.2. The first-order chi connectivity index (χ1) is 28.6. The first-order valence-corrected chi connectivity index (χ1v) is 26.0. The number of unbranched alkanes of at least 4 members (excludes halogenated alkanes) is 24. The number of benzene rings is 2. The van der Waals surface area contributed by atoms with E-state index in [1.807, 2.05) is 0 Å². The Labute approximate surface area is 378 Å². The molecular formula is C56H96N2Ni. The third-order valence-corrected chi connectivity index (χ3v) is 12.2. The van der Waals surface area contributed by atoms with Gasteiger partial charge in [0.15, 0.2) is 0 Å². The van der Waals surface area contributed by atoms with E-state index in [-0.39, 0.29) is 16.5 Å². The minimum absolute atomic E-state index is 0. The Balaban J connectivity index is 0.0000174. The molecule has 0 aliphatic heterocycles. The monoisotopic (exact) mass is 855 g/mol. The number of aliphatic imine (C=N–C) groups is 2. The van der Waals surface area contributed by atoms with Gasteiger partial charge in [0.25, 0.3) is 0 Å². The van der Waals surface area contributed by atoms with Gasteiger partial charge in [-0.05, 0) is 124 Å². The van der Waals surface area contributed by atoms with E-state index in [2.05, 4.69) is 77.9 Å². The standard InChI is InChI=1S/C56H96N2.Ni/c1-7-13-19-20-21-22-23-24-25-26-27-28-29-30-31-36-42-56(58-54-47-51(39-34-16-10-4)44-52(48-54)40-35-17-11-5)55(41-18-12-6)57-53-45-49(37-32-14-8-2)43-50(46-53)38-33-15-9-3;/h43-48H,7-42H2,1-6H3;/b57-55+,58-56+;. The molecule has 0 amide bonds. The SMILES string of the molecule is CCCCCCCCCCCCCCCCCCC(=N\c1cc(CCCCC)cc(CCCCC)c1)/C(CCCC)=N/c1cc(CCCCC)cc(CCCCC)c1.[Ni]. The normalized spacial score (nSPS) is 12.0. The third kappa shape index (κ3) is 28.5. The van der Waals surface area contributed by atoms with Crippen molar-refractivity contribution in [1.82, 2.24) is 0 Å². The summed E-state index contributed by atoms with van der Waals surface area (Å²) >= 11 is 0. The zero-order valence-electron chi connectivity index (χ0n) is 40.1. The molecule has 2 aromatic rings. The molecule has 0 bridgehead atoms. The molecule has 0 fully saturated rings. The van der Waals surface area contributed by atoms with Gasteiger partial charge < -0.3 is 0 Å². The summed E-state index contributed by atoms with van der Waals surface area (Å²) < 4.78 is 0. The van der Waals surface area contributed by atoms with Gasteiger partial charge in [0.1, 0.15) is 0 Å². The van der Waals surface area contributed by atoms with Gasteiger partial charge in [-0.2, -0.15) is 0 Å². The van der Waals surface area contributed by atoms with Gasteiger partial charge in [-0.15, -0.1) is 0 Å². The van der Waals surface area contributed by atoms with Crippen molar-refractivity contribution in [3.8, 4) is 0 Å². The van der Waals surface area contributed by atoms with Crippen molar-refractivity contribution in [3.63, 3.8) is 0 Å². The van der Waals surface area contributed by atoms with Crippen LogP contribution in [-0.2, 0) is 42.2 Å². The Morgan fingerprint density at radius 2 is 0.525 bits per heavy atom. The maximum absolute atomic E-state index is 5.65. The topological polar surface area (TPSA) is 24.7 Å². The van der Waals surface area contributed by atoms with Crippen LogP contribution in [0.15, 0.2) is 46.4 Å². The van der Waals surface area contributed by atoms with Crippen LogP contribution in [0.5, 0.6) is 0 Å². The van der Waals surface area contributed by atoms with E-state index in [0.29, 0.717) is 0 Å². The smallest absolute Gasteiger partial charge is 0.0639 e. The van der Waals surface area contributed by atoms with Gasteiger partial charge in [0.2, 0.25) is 0 Å².